The third-order valence-corrected chi connectivity index (χ3v) is 4.13. The molecule has 1 N–H and O–H groups in total. The maximum atomic E-state index is 12.3. The average Bonchev–Trinajstić information content (AvgIpc) is 2.59. The normalized spacial score (nSPS) is 21.1. The van der Waals surface area contributed by atoms with E-state index in [1.165, 1.54) is 0 Å². The smallest absolute Gasteiger partial charge is 0.246 e. The van der Waals surface area contributed by atoms with Crippen LogP contribution in [0.25, 0.3) is 6.08 Å². The number of ether oxygens (including phenoxy) is 2. The lowest BCUT2D eigenvalue weighted by Gasteiger charge is -2.31. The molecule has 1 amide bonds. The van der Waals surface area contributed by atoms with Crippen molar-refractivity contribution in [1.29, 1.82) is 0 Å². The second kappa shape index (κ2) is 6.83. The monoisotopic (exact) mass is 302 g/mol. The van der Waals surface area contributed by atoms with Crippen molar-refractivity contribution in [2.45, 2.75) is 18.9 Å². The highest BCUT2D eigenvalue weighted by atomic mass is 16.6. The van der Waals surface area contributed by atoms with Gasteiger partial charge in [0.2, 0.25) is 5.91 Å². The molecule has 0 aromatic heterocycles. The number of fused-ring (bicyclic) bond motifs is 1. The van der Waals surface area contributed by atoms with Crippen molar-refractivity contribution in [2.75, 3.05) is 33.4 Å². The summed E-state index contributed by atoms with van der Waals surface area (Å²) in [6.07, 6.45) is 5.66. The first kappa shape index (κ1) is 14.9. The van der Waals surface area contributed by atoms with Crippen LogP contribution in [-0.4, -0.2) is 50.2 Å². The highest BCUT2D eigenvalue weighted by Gasteiger charge is 2.20. The number of hydrogen-bond acceptors (Lipinski definition) is 4. The Morgan fingerprint density at radius 2 is 2.14 bits per heavy atom. The van der Waals surface area contributed by atoms with Gasteiger partial charge in [-0.3, -0.25) is 4.79 Å². The van der Waals surface area contributed by atoms with E-state index in [1.54, 1.807) is 6.08 Å². The highest BCUT2D eigenvalue weighted by Crippen LogP contribution is 2.31. The van der Waals surface area contributed by atoms with Crippen LogP contribution in [0, 0.1) is 0 Å². The van der Waals surface area contributed by atoms with Crippen molar-refractivity contribution in [3.63, 3.8) is 0 Å². The van der Waals surface area contributed by atoms with Gasteiger partial charge in [0.05, 0.1) is 0 Å². The largest absolute Gasteiger partial charge is 0.486 e. The Labute approximate surface area is 130 Å². The lowest BCUT2D eigenvalue weighted by atomic mass is 10.1. The van der Waals surface area contributed by atoms with E-state index in [9.17, 15) is 4.79 Å². The van der Waals surface area contributed by atoms with Crippen LogP contribution < -0.4 is 14.8 Å². The van der Waals surface area contributed by atoms with Gasteiger partial charge in [-0.25, -0.2) is 0 Å². The Hall–Kier alpha value is -2.01. The first-order valence-electron chi connectivity index (χ1n) is 7.80. The topological polar surface area (TPSA) is 50.8 Å². The van der Waals surface area contributed by atoms with E-state index in [1.807, 2.05) is 36.2 Å². The van der Waals surface area contributed by atoms with E-state index in [4.69, 9.17) is 9.47 Å². The van der Waals surface area contributed by atoms with E-state index in [0.717, 1.165) is 43.0 Å². The summed E-state index contributed by atoms with van der Waals surface area (Å²) < 4.78 is 11.0. The number of nitrogens with zero attached hydrogens (tertiary/aromatic N) is 1. The summed E-state index contributed by atoms with van der Waals surface area (Å²) in [5.74, 6) is 1.58. The lowest BCUT2D eigenvalue weighted by molar-refractivity contribution is -0.127. The molecule has 3 rings (SSSR count). The van der Waals surface area contributed by atoms with Gasteiger partial charge in [-0.2, -0.15) is 0 Å². The zero-order valence-electron chi connectivity index (χ0n) is 12.9. The molecule has 118 valence electrons. The van der Waals surface area contributed by atoms with Crippen molar-refractivity contribution >= 4 is 12.0 Å². The predicted octanol–water partition coefficient (Wildman–Crippen LogP) is 1.68. The number of rotatable bonds is 3. The molecule has 5 nitrogen and oxygen atoms in total. The standard InChI is InChI=1S/C17H22N2O3/c1-18-14-3-2-8-19(12-14)17(20)7-5-13-4-6-15-16(11-13)22-10-9-21-15/h4-7,11,14,18H,2-3,8-10,12H2,1H3. The van der Waals surface area contributed by atoms with Crippen LogP contribution in [0.15, 0.2) is 24.3 Å². The van der Waals surface area contributed by atoms with E-state index < -0.39 is 0 Å². The molecule has 1 saturated heterocycles. The summed E-state index contributed by atoms with van der Waals surface area (Å²) in [4.78, 5) is 14.2. The molecule has 2 aliphatic rings. The van der Waals surface area contributed by atoms with Gasteiger partial charge < -0.3 is 19.7 Å². The Kier molecular flexibility index (Phi) is 4.63. The molecule has 0 radical (unpaired) electrons. The molecular weight excluding hydrogens is 280 g/mol. The van der Waals surface area contributed by atoms with Gasteiger partial charge in [0.1, 0.15) is 13.2 Å². The summed E-state index contributed by atoms with van der Waals surface area (Å²) in [7, 11) is 1.95. The fraction of sp³-hybridized carbons (Fsp3) is 0.471. The summed E-state index contributed by atoms with van der Waals surface area (Å²) in [5, 5.41) is 3.25. The first-order valence-corrected chi connectivity index (χ1v) is 7.80. The number of carbonyl (C=O) groups excluding carboxylic acids is 1. The second-order valence-corrected chi connectivity index (χ2v) is 5.65. The zero-order chi connectivity index (χ0) is 15.4. The van der Waals surface area contributed by atoms with Gasteiger partial charge in [-0.15, -0.1) is 0 Å². The summed E-state index contributed by atoms with van der Waals surface area (Å²) in [6.45, 7) is 2.77. The number of amides is 1. The summed E-state index contributed by atoms with van der Waals surface area (Å²) in [6, 6.07) is 6.13. The number of likely N-dealkylation sites (tertiary alicyclic amines) is 1. The van der Waals surface area contributed by atoms with Crippen molar-refractivity contribution in [2.24, 2.45) is 0 Å². The molecule has 1 aromatic rings. The molecule has 22 heavy (non-hydrogen) atoms. The minimum atomic E-state index is 0.0647. The number of benzene rings is 1. The van der Waals surface area contributed by atoms with Gasteiger partial charge in [0.15, 0.2) is 11.5 Å². The fourth-order valence-corrected chi connectivity index (χ4v) is 2.85. The number of carbonyl (C=O) groups is 1. The van der Waals surface area contributed by atoms with Crippen LogP contribution in [0.2, 0.25) is 0 Å². The number of nitrogens with one attached hydrogen (secondary N) is 1. The molecule has 0 aliphatic carbocycles. The minimum Gasteiger partial charge on any atom is -0.486 e. The quantitative estimate of drug-likeness (QED) is 0.863. The Morgan fingerprint density at radius 1 is 1.32 bits per heavy atom. The van der Waals surface area contributed by atoms with Gasteiger partial charge in [0.25, 0.3) is 0 Å². The average molecular weight is 302 g/mol. The maximum absolute atomic E-state index is 12.3. The van der Waals surface area contributed by atoms with Gasteiger partial charge in [-0.05, 0) is 43.7 Å². The molecule has 0 bridgehead atoms. The zero-order valence-corrected chi connectivity index (χ0v) is 12.9. The number of hydrogen-bond donors (Lipinski definition) is 1. The molecule has 1 unspecified atom stereocenters. The molecule has 2 aliphatic heterocycles. The van der Waals surface area contributed by atoms with Gasteiger partial charge in [-0.1, -0.05) is 6.07 Å². The molecular formula is C17H22N2O3. The molecule has 0 spiro atoms. The number of piperidine rings is 1. The van der Waals surface area contributed by atoms with Crippen molar-refractivity contribution in [3.8, 4) is 11.5 Å². The second-order valence-electron chi connectivity index (χ2n) is 5.65. The Morgan fingerprint density at radius 3 is 2.95 bits per heavy atom. The van der Waals surface area contributed by atoms with Crippen LogP contribution in [0.5, 0.6) is 11.5 Å². The number of likely N-dealkylation sites (N-methyl/N-ethyl adjacent to an activating group) is 1. The maximum Gasteiger partial charge on any atom is 0.246 e. The first-order chi connectivity index (χ1) is 10.8. The third-order valence-electron chi connectivity index (χ3n) is 4.13. The molecule has 0 saturated carbocycles. The van der Waals surface area contributed by atoms with Crippen LogP contribution >= 0.6 is 0 Å². The highest BCUT2D eigenvalue weighted by molar-refractivity contribution is 5.92. The predicted molar refractivity (Wildman–Crippen MR) is 85.1 cm³/mol. The van der Waals surface area contributed by atoms with E-state index in [2.05, 4.69) is 5.32 Å². The molecule has 1 atom stereocenters. The van der Waals surface area contributed by atoms with Crippen LogP contribution in [0.4, 0.5) is 0 Å². The van der Waals surface area contributed by atoms with Crippen LogP contribution in [0.3, 0.4) is 0 Å². The van der Waals surface area contributed by atoms with Gasteiger partial charge >= 0.3 is 0 Å². The van der Waals surface area contributed by atoms with Crippen molar-refractivity contribution in [1.82, 2.24) is 10.2 Å². The minimum absolute atomic E-state index is 0.0647. The third kappa shape index (κ3) is 3.42. The van der Waals surface area contributed by atoms with E-state index in [0.29, 0.717) is 19.3 Å². The molecule has 1 fully saturated rings. The van der Waals surface area contributed by atoms with Crippen molar-refractivity contribution < 1.29 is 14.3 Å². The molecule has 1 aromatic carbocycles. The lowest BCUT2D eigenvalue weighted by Crippen LogP contribution is -2.46. The Balaban J connectivity index is 1.64. The molecule has 5 heteroatoms. The summed E-state index contributed by atoms with van der Waals surface area (Å²) >= 11 is 0. The van der Waals surface area contributed by atoms with Crippen LogP contribution in [-0.2, 0) is 4.79 Å². The fourth-order valence-electron chi connectivity index (χ4n) is 2.85. The molecule has 2 heterocycles. The van der Waals surface area contributed by atoms with E-state index >= 15 is 0 Å². The SMILES string of the molecule is CNC1CCCN(C(=O)C=Cc2ccc3c(c2)OCCO3)C1. The summed E-state index contributed by atoms with van der Waals surface area (Å²) in [5.41, 5.74) is 0.944. The van der Waals surface area contributed by atoms with Crippen molar-refractivity contribution in [3.05, 3.63) is 29.8 Å². The van der Waals surface area contributed by atoms with Gasteiger partial charge in [0, 0.05) is 25.2 Å². The van der Waals surface area contributed by atoms with Crippen LogP contribution in [0.1, 0.15) is 18.4 Å². The Bertz CT molecular complexity index is 571. The van der Waals surface area contributed by atoms with E-state index in [-0.39, 0.29) is 5.91 Å².